The summed E-state index contributed by atoms with van der Waals surface area (Å²) in [6.45, 7) is 7.00. The number of nitrogens with zero attached hydrogens (tertiary/aromatic N) is 1. The molecule has 2 aromatic rings. The van der Waals surface area contributed by atoms with Crippen molar-refractivity contribution < 1.29 is 33.7 Å². The number of hydrogen-bond donors (Lipinski definition) is 3. The molecule has 0 radical (unpaired) electrons. The minimum atomic E-state index is -0.713. The number of carbonyl (C=O) groups excluding carboxylic acids is 3. The van der Waals surface area contributed by atoms with Crippen LogP contribution in [0, 0.1) is 0 Å². The first-order valence-electron chi connectivity index (χ1n) is 12.1. The summed E-state index contributed by atoms with van der Waals surface area (Å²) in [6.07, 6.45) is 1.33. The van der Waals surface area contributed by atoms with Crippen molar-refractivity contribution in [2.45, 2.75) is 33.6 Å². The Balaban J connectivity index is 1.75. The van der Waals surface area contributed by atoms with E-state index in [-0.39, 0.29) is 25.6 Å². The van der Waals surface area contributed by atoms with Gasteiger partial charge in [0, 0.05) is 17.0 Å². The van der Waals surface area contributed by atoms with Gasteiger partial charge in [0.2, 0.25) is 0 Å². The van der Waals surface area contributed by atoms with Crippen molar-refractivity contribution in [3.05, 3.63) is 82.2 Å². The molecular weight excluding hydrogens is 490 g/mol. The number of esters is 2. The first-order chi connectivity index (χ1) is 18.3. The molecule has 10 nitrogen and oxygen atoms in total. The molecule has 3 rings (SSSR count). The Kier molecular flexibility index (Phi) is 9.64. The Morgan fingerprint density at radius 3 is 2.08 bits per heavy atom. The summed E-state index contributed by atoms with van der Waals surface area (Å²) in [7, 11) is 0. The van der Waals surface area contributed by atoms with Crippen LogP contribution in [0.2, 0.25) is 0 Å². The van der Waals surface area contributed by atoms with Gasteiger partial charge in [0.05, 0.1) is 36.5 Å². The van der Waals surface area contributed by atoms with E-state index >= 15 is 0 Å². The van der Waals surface area contributed by atoms with Crippen molar-refractivity contribution in [3.8, 4) is 11.5 Å². The molecular formula is C28H31N3O7. The van der Waals surface area contributed by atoms with Gasteiger partial charge >= 0.3 is 11.9 Å². The zero-order valence-corrected chi connectivity index (χ0v) is 21.7. The minimum absolute atomic E-state index is 0.0443. The number of dihydropyridines is 1. The lowest BCUT2D eigenvalue weighted by Crippen LogP contribution is -2.32. The first-order valence-corrected chi connectivity index (χ1v) is 12.1. The van der Waals surface area contributed by atoms with E-state index < -0.39 is 23.8 Å². The van der Waals surface area contributed by atoms with Crippen LogP contribution in [0.15, 0.2) is 76.2 Å². The van der Waals surface area contributed by atoms with Crippen molar-refractivity contribution in [1.29, 1.82) is 0 Å². The van der Waals surface area contributed by atoms with E-state index in [0.717, 1.165) is 0 Å². The van der Waals surface area contributed by atoms with Gasteiger partial charge in [-0.15, -0.1) is 0 Å². The van der Waals surface area contributed by atoms with Gasteiger partial charge in [0.15, 0.2) is 6.61 Å². The van der Waals surface area contributed by atoms with Gasteiger partial charge in [-0.1, -0.05) is 24.3 Å². The lowest BCUT2D eigenvalue weighted by atomic mass is 9.80. The molecule has 1 aliphatic rings. The van der Waals surface area contributed by atoms with Crippen molar-refractivity contribution in [3.63, 3.8) is 0 Å². The maximum absolute atomic E-state index is 12.9. The van der Waals surface area contributed by atoms with Crippen molar-refractivity contribution in [2.75, 3.05) is 19.8 Å². The summed E-state index contributed by atoms with van der Waals surface area (Å²) in [5.74, 6) is -1.82. The highest BCUT2D eigenvalue weighted by molar-refractivity contribution is 5.99. The van der Waals surface area contributed by atoms with Crippen LogP contribution in [0.3, 0.4) is 0 Å². The van der Waals surface area contributed by atoms with Gasteiger partial charge in [0.1, 0.15) is 11.5 Å². The SMILES string of the molecule is CCOC(=O)C1=C(C)NC(C)=C(C(=O)OCC)C1c1ccc(OCC(=O)N/N=C/c2ccccc2O)cc1. The Hall–Kier alpha value is -4.60. The largest absolute Gasteiger partial charge is 0.507 e. The van der Waals surface area contributed by atoms with Crippen LogP contribution < -0.4 is 15.5 Å². The van der Waals surface area contributed by atoms with Gasteiger partial charge in [-0.05, 0) is 57.5 Å². The molecule has 10 heteroatoms. The van der Waals surface area contributed by atoms with Gasteiger partial charge in [-0.25, -0.2) is 15.0 Å². The van der Waals surface area contributed by atoms with E-state index in [1.165, 1.54) is 12.3 Å². The quantitative estimate of drug-likeness (QED) is 0.246. The Labute approximate surface area is 221 Å². The van der Waals surface area contributed by atoms with E-state index in [1.807, 2.05) is 0 Å². The molecule has 2 aromatic carbocycles. The van der Waals surface area contributed by atoms with Gasteiger partial charge < -0.3 is 24.6 Å². The molecule has 0 saturated heterocycles. The molecule has 0 spiro atoms. The Morgan fingerprint density at radius 1 is 0.947 bits per heavy atom. The van der Waals surface area contributed by atoms with Crippen LogP contribution in [0.1, 0.15) is 44.7 Å². The van der Waals surface area contributed by atoms with E-state index in [1.54, 1.807) is 70.2 Å². The Bertz CT molecular complexity index is 1240. The van der Waals surface area contributed by atoms with Crippen molar-refractivity contribution in [1.82, 2.24) is 10.7 Å². The Morgan fingerprint density at radius 2 is 1.53 bits per heavy atom. The number of ether oxygens (including phenoxy) is 3. The number of phenols is 1. The normalized spacial score (nSPS) is 13.8. The van der Waals surface area contributed by atoms with Crippen LogP contribution in [-0.2, 0) is 23.9 Å². The summed E-state index contributed by atoms with van der Waals surface area (Å²) in [5, 5.41) is 16.6. The predicted molar refractivity (Wildman–Crippen MR) is 140 cm³/mol. The van der Waals surface area contributed by atoms with Crippen LogP contribution in [0.4, 0.5) is 0 Å². The number of amides is 1. The third kappa shape index (κ3) is 6.78. The number of carbonyl (C=O) groups is 3. The van der Waals surface area contributed by atoms with Crippen LogP contribution in [-0.4, -0.2) is 49.0 Å². The lowest BCUT2D eigenvalue weighted by molar-refractivity contribution is -0.139. The number of nitrogens with one attached hydrogen (secondary N) is 2. The zero-order valence-electron chi connectivity index (χ0n) is 21.7. The number of hydrazone groups is 1. The summed E-state index contributed by atoms with van der Waals surface area (Å²) in [5.41, 5.74) is 5.24. The summed E-state index contributed by atoms with van der Waals surface area (Å²) < 4.78 is 16.1. The number of rotatable bonds is 10. The molecule has 38 heavy (non-hydrogen) atoms. The third-order valence-corrected chi connectivity index (χ3v) is 5.66. The third-order valence-electron chi connectivity index (χ3n) is 5.66. The number of para-hydroxylation sites is 1. The minimum Gasteiger partial charge on any atom is -0.507 e. The fourth-order valence-electron chi connectivity index (χ4n) is 3.99. The van der Waals surface area contributed by atoms with Gasteiger partial charge in [-0.3, -0.25) is 4.79 Å². The summed E-state index contributed by atoms with van der Waals surface area (Å²) in [4.78, 5) is 37.9. The second kappa shape index (κ2) is 13.1. The number of aromatic hydroxyl groups is 1. The number of benzene rings is 2. The standard InChI is InChI=1S/C28H31N3O7/c1-5-36-27(34)24-17(3)30-18(4)25(28(35)37-6-2)26(24)19-11-13-21(14-12-19)38-16-23(33)31-29-15-20-9-7-8-10-22(20)32/h7-15,26,30,32H,5-6,16H2,1-4H3,(H,31,33)/b29-15+. The van der Waals surface area contributed by atoms with E-state index in [4.69, 9.17) is 14.2 Å². The highest BCUT2D eigenvalue weighted by Crippen LogP contribution is 2.39. The highest BCUT2D eigenvalue weighted by Gasteiger charge is 2.37. The molecule has 0 bridgehead atoms. The number of phenolic OH excluding ortho intramolecular Hbond substituents is 1. The molecule has 1 amide bonds. The average Bonchev–Trinajstić information content (AvgIpc) is 2.88. The van der Waals surface area contributed by atoms with E-state index in [2.05, 4.69) is 15.8 Å². The second-order valence-electron chi connectivity index (χ2n) is 8.29. The van der Waals surface area contributed by atoms with Crippen molar-refractivity contribution >= 4 is 24.1 Å². The van der Waals surface area contributed by atoms with E-state index in [9.17, 15) is 19.5 Å². The lowest BCUT2D eigenvalue weighted by Gasteiger charge is -2.30. The molecule has 0 saturated carbocycles. The van der Waals surface area contributed by atoms with Gasteiger partial charge in [-0.2, -0.15) is 5.10 Å². The summed E-state index contributed by atoms with van der Waals surface area (Å²) in [6, 6.07) is 13.3. The van der Waals surface area contributed by atoms with E-state index in [0.29, 0.717) is 39.4 Å². The molecule has 0 fully saturated rings. The molecule has 0 aliphatic carbocycles. The van der Waals surface area contributed by atoms with Crippen LogP contribution >= 0.6 is 0 Å². The average molecular weight is 522 g/mol. The fraction of sp³-hybridized carbons (Fsp3) is 0.286. The fourth-order valence-corrected chi connectivity index (χ4v) is 3.99. The topological polar surface area (TPSA) is 136 Å². The predicted octanol–water partition coefficient (Wildman–Crippen LogP) is 3.28. The monoisotopic (exact) mass is 521 g/mol. The molecule has 0 atom stereocenters. The number of allylic oxidation sites excluding steroid dienone is 2. The summed E-state index contributed by atoms with van der Waals surface area (Å²) >= 11 is 0. The molecule has 1 aliphatic heterocycles. The smallest absolute Gasteiger partial charge is 0.336 e. The van der Waals surface area contributed by atoms with Crippen molar-refractivity contribution in [2.24, 2.45) is 5.10 Å². The molecule has 200 valence electrons. The van der Waals surface area contributed by atoms with Gasteiger partial charge in [0.25, 0.3) is 5.91 Å². The zero-order chi connectivity index (χ0) is 27.7. The second-order valence-corrected chi connectivity index (χ2v) is 8.29. The maximum Gasteiger partial charge on any atom is 0.336 e. The molecule has 0 unspecified atom stereocenters. The molecule has 0 aromatic heterocycles. The number of hydrogen-bond acceptors (Lipinski definition) is 9. The highest BCUT2D eigenvalue weighted by atomic mass is 16.5. The maximum atomic E-state index is 12.9. The molecule has 3 N–H and O–H groups in total. The molecule has 1 heterocycles. The first kappa shape index (κ1) is 28.0. The van der Waals surface area contributed by atoms with Crippen LogP contribution in [0.25, 0.3) is 0 Å². The van der Waals surface area contributed by atoms with Crippen LogP contribution in [0.5, 0.6) is 11.5 Å².